The van der Waals surface area contributed by atoms with Gasteiger partial charge >= 0.3 is 0 Å². The Morgan fingerprint density at radius 1 is 1.05 bits per heavy atom. The zero-order chi connectivity index (χ0) is 15.5. The minimum absolute atomic E-state index is 0.0165. The van der Waals surface area contributed by atoms with Gasteiger partial charge in [0.15, 0.2) is 0 Å². The van der Waals surface area contributed by atoms with Crippen LogP contribution in [0.15, 0.2) is 35.7 Å². The Kier molecular flexibility index (Phi) is 4.81. The molecular formula is C17H23NO2S. The first-order chi connectivity index (χ1) is 9.91. The molecule has 0 bridgehead atoms. The van der Waals surface area contributed by atoms with Crippen molar-refractivity contribution in [1.82, 2.24) is 4.98 Å². The van der Waals surface area contributed by atoms with Crippen LogP contribution in [-0.4, -0.2) is 28.4 Å². The first kappa shape index (κ1) is 16.1. The second-order valence-corrected chi connectivity index (χ2v) is 7.46. The van der Waals surface area contributed by atoms with E-state index in [1.54, 1.807) is 11.3 Å². The highest BCUT2D eigenvalue weighted by atomic mass is 32.1. The summed E-state index contributed by atoms with van der Waals surface area (Å²) in [5, 5.41) is 22.8. The lowest BCUT2D eigenvalue weighted by Crippen LogP contribution is -2.37. The zero-order valence-electron chi connectivity index (χ0n) is 12.8. The van der Waals surface area contributed by atoms with Crippen LogP contribution < -0.4 is 0 Å². The number of rotatable bonds is 5. The van der Waals surface area contributed by atoms with Gasteiger partial charge in [-0.05, 0) is 5.56 Å². The summed E-state index contributed by atoms with van der Waals surface area (Å²) in [7, 11) is 0. The topological polar surface area (TPSA) is 53.4 Å². The molecule has 0 radical (unpaired) electrons. The number of hydrogen-bond donors (Lipinski definition) is 2. The highest BCUT2D eigenvalue weighted by Crippen LogP contribution is 2.31. The van der Waals surface area contributed by atoms with Crippen molar-refractivity contribution in [2.24, 2.45) is 0 Å². The Morgan fingerprint density at radius 3 is 2.14 bits per heavy atom. The third-order valence-corrected chi connectivity index (χ3v) is 4.65. The van der Waals surface area contributed by atoms with Crippen molar-refractivity contribution in [3.8, 4) is 0 Å². The fraction of sp³-hybridized carbons (Fsp3) is 0.471. The van der Waals surface area contributed by atoms with Gasteiger partial charge in [0, 0.05) is 22.6 Å². The van der Waals surface area contributed by atoms with Crippen LogP contribution in [0, 0.1) is 0 Å². The molecule has 0 spiro atoms. The molecule has 0 aliphatic rings. The SMILES string of the molecule is CC(C)(C)c1csc(CC(CO)(CO)c2ccccc2)n1. The summed E-state index contributed by atoms with van der Waals surface area (Å²) >= 11 is 1.60. The Hall–Kier alpha value is -1.23. The smallest absolute Gasteiger partial charge is 0.0939 e. The van der Waals surface area contributed by atoms with E-state index in [1.807, 2.05) is 30.3 Å². The molecule has 3 nitrogen and oxygen atoms in total. The molecular weight excluding hydrogens is 282 g/mol. The third-order valence-electron chi connectivity index (χ3n) is 3.80. The summed E-state index contributed by atoms with van der Waals surface area (Å²) in [5.74, 6) is 0. The fourth-order valence-corrected chi connectivity index (χ4v) is 3.43. The van der Waals surface area contributed by atoms with Crippen LogP contribution in [0.1, 0.15) is 37.0 Å². The van der Waals surface area contributed by atoms with E-state index in [1.165, 1.54) is 0 Å². The van der Waals surface area contributed by atoms with Gasteiger partial charge in [-0.3, -0.25) is 0 Å². The average Bonchev–Trinajstić information content (AvgIpc) is 2.94. The van der Waals surface area contributed by atoms with Gasteiger partial charge in [0.25, 0.3) is 0 Å². The maximum absolute atomic E-state index is 9.87. The van der Waals surface area contributed by atoms with Gasteiger partial charge < -0.3 is 10.2 Å². The van der Waals surface area contributed by atoms with E-state index in [4.69, 9.17) is 0 Å². The van der Waals surface area contributed by atoms with Gasteiger partial charge in [0.1, 0.15) is 0 Å². The van der Waals surface area contributed by atoms with Crippen molar-refractivity contribution >= 4 is 11.3 Å². The van der Waals surface area contributed by atoms with Crippen molar-refractivity contribution in [2.75, 3.05) is 13.2 Å². The largest absolute Gasteiger partial charge is 0.395 e. The fourth-order valence-electron chi connectivity index (χ4n) is 2.26. The lowest BCUT2D eigenvalue weighted by atomic mass is 9.79. The first-order valence-electron chi connectivity index (χ1n) is 7.13. The Balaban J connectivity index is 2.31. The van der Waals surface area contributed by atoms with E-state index in [0.717, 1.165) is 16.3 Å². The van der Waals surface area contributed by atoms with E-state index >= 15 is 0 Å². The number of aliphatic hydroxyl groups excluding tert-OH is 2. The molecule has 1 aromatic carbocycles. The molecule has 2 rings (SSSR count). The molecule has 0 saturated heterocycles. The zero-order valence-corrected chi connectivity index (χ0v) is 13.7. The van der Waals surface area contributed by atoms with Gasteiger partial charge in [0.05, 0.1) is 23.9 Å². The van der Waals surface area contributed by atoms with E-state index in [-0.39, 0.29) is 18.6 Å². The van der Waals surface area contributed by atoms with Crippen molar-refractivity contribution in [2.45, 2.75) is 38.0 Å². The molecule has 4 heteroatoms. The van der Waals surface area contributed by atoms with E-state index in [2.05, 4.69) is 31.1 Å². The van der Waals surface area contributed by atoms with Crippen LogP contribution in [0.5, 0.6) is 0 Å². The Labute approximate surface area is 130 Å². The summed E-state index contributed by atoms with van der Waals surface area (Å²) in [4.78, 5) is 4.68. The third kappa shape index (κ3) is 3.51. The molecule has 0 unspecified atom stereocenters. The number of aliphatic hydroxyl groups is 2. The van der Waals surface area contributed by atoms with Crippen LogP contribution in [0.4, 0.5) is 0 Å². The number of benzene rings is 1. The molecule has 0 amide bonds. The molecule has 0 aliphatic carbocycles. The van der Waals surface area contributed by atoms with Crippen molar-refractivity contribution in [1.29, 1.82) is 0 Å². The van der Waals surface area contributed by atoms with Gasteiger partial charge in [-0.2, -0.15) is 0 Å². The van der Waals surface area contributed by atoms with Crippen molar-refractivity contribution in [3.05, 3.63) is 52.0 Å². The van der Waals surface area contributed by atoms with Crippen LogP contribution in [-0.2, 0) is 17.3 Å². The number of aromatic nitrogens is 1. The molecule has 1 heterocycles. The molecule has 0 saturated carbocycles. The maximum Gasteiger partial charge on any atom is 0.0939 e. The maximum atomic E-state index is 9.87. The van der Waals surface area contributed by atoms with Crippen LogP contribution in [0.3, 0.4) is 0 Å². The molecule has 0 fully saturated rings. The number of thiazole rings is 1. The summed E-state index contributed by atoms with van der Waals surface area (Å²) < 4.78 is 0. The quantitative estimate of drug-likeness (QED) is 0.893. The molecule has 114 valence electrons. The molecule has 0 aliphatic heterocycles. The van der Waals surface area contributed by atoms with Crippen molar-refractivity contribution in [3.63, 3.8) is 0 Å². The minimum atomic E-state index is -0.672. The average molecular weight is 305 g/mol. The Morgan fingerprint density at radius 2 is 1.67 bits per heavy atom. The van der Waals surface area contributed by atoms with Crippen LogP contribution in [0.25, 0.3) is 0 Å². The van der Waals surface area contributed by atoms with Gasteiger partial charge in [-0.25, -0.2) is 4.98 Å². The van der Waals surface area contributed by atoms with E-state index in [9.17, 15) is 10.2 Å². The lowest BCUT2D eigenvalue weighted by molar-refractivity contribution is 0.116. The lowest BCUT2D eigenvalue weighted by Gasteiger charge is -2.29. The summed E-state index contributed by atoms with van der Waals surface area (Å²) in [5.41, 5.74) is 1.35. The summed E-state index contributed by atoms with van der Waals surface area (Å²) in [6, 6.07) is 9.69. The van der Waals surface area contributed by atoms with Crippen LogP contribution in [0.2, 0.25) is 0 Å². The first-order valence-corrected chi connectivity index (χ1v) is 8.01. The number of hydrogen-bond acceptors (Lipinski definition) is 4. The normalized spacial score (nSPS) is 12.6. The number of nitrogens with zero attached hydrogens (tertiary/aromatic N) is 1. The predicted molar refractivity (Wildman–Crippen MR) is 86.8 cm³/mol. The highest BCUT2D eigenvalue weighted by Gasteiger charge is 2.33. The summed E-state index contributed by atoms with van der Waals surface area (Å²) in [6.45, 7) is 6.20. The summed E-state index contributed by atoms with van der Waals surface area (Å²) in [6.07, 6.45) is 0.546. The molecule has 2 aromatic rings. The molecule has 0 atom stereocenters. The second kappa shape index (κ2) is 6.26. The minimum Gasteiger partial charge on any atom is -0.395 e. The Bertz CT molecular complexity index is 568. The molecule has 2 N–H and O–H groups in total. The highest BCUT2D eigenvalue weighted by molar-refractivity contribution is 7.09. The van der Waals surface area contributed by atoms with Crippen molar-refractivity contribution < 1.29 is 10.2 Å². The van der Waals surface area contributed by atoms with Gasteiger partial charge in [-0.15, -0.1) is 11.3 Å². The van der Waals surface area contributed by atoms with Gasteiger partial charge in [-0.1, -0.05) is 51.1 Å². The molecule has 1 aromatic heterocycles. The predicted octanol–water partition coefficient (Wildman–Crippen LogP) is 2.91. The monoisotopic (exact) mass is 305 g/mol. The van der Waals surface area contributed by atoms with Gasteiger partial charge in [0.2, 0.25) is 0 Å². The van der Waals surface area contributed by atoms with Crippen LogP contribution >= 0.6 is 11.3 Å². The molecule has 21 heavy (non-hydrogen) atoms. The second-order valence-electron chi connectivity index (χ2n) is 6.52. The van der Waals surface area contributed by atoms with E-state index < -0.39 is 5.41 Å². The van der Waals surface area contributed by atoms with E-state index in [0.29, 0.717) is 6.42 Å². The standard InChI is InChI=1S/C17H23NO2S/c1-16(2,3)14-10-21-15(18-14)9-17(11-19,12-20)13-7-5-4-6-8-13/h4-8,10,19-20H,9,11-12H2,1-3H3.